The molecule has 0 atom stereocenters. The first-order chi connectivity index (χ1) is 10.2. The summed E-state index contributed by atoms with van der Waals surface area (Å²) in [6.45, 7) is 1.83. The molecule has 0 fully saturated rings. The maximum atomic E-state index is 12.3. The van der Waals surface area contributed by atoms with Crippen molar-refractivity contribution >= 4 is 16.8 Å². The molecule has 0 spiro atoms. The van der Waals surface area contributed by atoms with Crippen molar-refractivity contribution in [1.82, 2.24) is 0 Å². The summed E-state index contributed by atoms with van der Waals surface area (Å²) in [5.41, 5.74) is 2.31. The fraction of sp³-hybridized carbons (Fsp3) is 0.167. The van der Waals surface area contributed by atoms with E-state index in [9.17, 15) is 9.90 Å². The molecule has 3 nitrogen and oxygen atoms in total. The summed E-state index contributed by atoms with van der Waals surface area (Å²) in [6, 6.07) is 14.8. The zero-order chi connectivity index (χ0) is 14.8. The molecular weight excluding hydrogens is 264 g/mol. The largest absolute Gasteiger partial charge is 0.508 e. The molecule has 21 heavy (non-hydrogen) atoms. The number of fused-ring (bicyclic) bond motifs is 1. The Morgan fingerprint density at radius 1 is 1.14 bits per heavy atom. The van der Waals surface area contributed by atoms with Gasteiger partial charge in [0.1, 0.15) is 17.1 Å². The van der Waals surface area contributed by atoms with Crippen molar-refractivity contribution in [3.8, 4) is 5.75 Å². The van der Waals surface area contributed by atoms with Crippen molar-refractivity contribution in [2.24, 2.45) is 0 Å². The number of rotatable bonds is 4. The minimum Gasteiger partial charge on any atom is -0.508 e. The number of furan rings is 1. The Kier molecular flexibility index (Phi) is 3.48. The lowest BCUT2D eigenvalue weighted by Gasteiger charge is -2.01. The summed E-state index contributed by atoms with van der Waals surface area (Å²) in [5, 5.41) is 10.3. The summed E-state index contributed by atoms with van der Waals surface area (Å²) in [4.78, 5) is 12.3. The number of benzene rings is 2. The quantitative estimate of drug-likeness (QED) is 0.724. The number of aromatic hydroxyl groups is 1. The average Bonchev–Trinajstić information content (AvgIpc) is 2.84. The first kappa shape index (κ1) is 13.4. The topological polar surface area (TPSA) is 50.4 Å². The standard InChI is InChI=1S/C18H16O3/c1-2-15(20)18-14-11-13(19)8-9-16(14)21-17(18)10-12-6-4-3-5-7-12/h3-9,11,19H,2,10H2,1H3. The number of carbonyl (C=O) groups is 1. The van der Waals surface area contributed by atoms with Gasteiger partial charge >= 0.3 is 0 Å². The molecule has 0 saturated carbocycles. The van der Waals surface area contributed by atoms with Crippen LogP contribution < -0.4 is 0 Å². The lowest BCUT2D eigenvalue weighted by molar-refractivity contribution is 0.0988. The van der Waals surface area contributed by atoms with E-state index in [2.05, 4.69) is 0 Å². The SMILES string of the molecule is CCC(=O)c1c(Cc2ccccc2)oc2ccc(O)cc12. The summed E-state index contributed by atoms with van der Waals surface area (Å²) in [6.07, 6.45) is 0.976. The lowest BCUT2D eigenvalue weighted by atomic mass is 10.0. The number of hydrogen-bond donors (Lipinski definition) is 1. The van der Waals surface area contributed by atoms with Gasteiger partial charge in [-0.05, 0) is 23.8 Å². The molecule has 1 heterocycles. The molecule has 3 aromatic rings. The zero-order valence-corrected chi connectivity index (χ0v) is 11.8. The number of carbonyl (C=O) groups excluding carboxylic acids is 1. The monoisotopic (exact) mass is 280 g/mol. The van der Waals surface area contributed by atoms with Crippen molar-refractivity contribution in [1.29, 1.82) is 0 Å². The van der Waals surface area contributed by atoms with E-state index < -0.39 is 0 Å². The van der Waals surface area contributed by atoms with Crippen LogP contribution in [0.15, 0.2) is 52.9 Å². The Bertz CT molecular complexity index is 785. The summed E-state index contributed by atoms with van der Waals surface area (Å²) in [7, 11) is 0. The minimum atomic E-state index is 0.0327. The number of ketones is 1. The van der Waals surface area contributed by atoms with Crippen LogP contribution in [0, 0.1) is 0 Å². The minimum absolute atomic E-state index is 0.0327. The smallest absolute Gasteiger partial charge is 0.166 e. The summed E-state index contributed by atoms with van der Waals surface area (Å²) in [5.74, 6) is 0.832. The fourth-order valence-corrected chi connectivity index (χ4v) is 2.52. The van der Waals surface area contributed by atoms with Crippen LogP contribution in [0.2, 0.25) is 0 Å². The molecule has 1 N–H and O–H groups in total. The van der Waals surface area contributed by atoms with Gasteiger partial charge in [-0.1, -0.05) is 37.3 Å². The zero-order valence-electron chi connectivity index (χ0n) is 11.8. The molecule has 0 radical (unpaired) electrons. The normalized spacial score (nSPS) is 10.9. The average molecular weight is 280 g/mol. The van der Waals surface area contributed by atoms with E-state index in [0.717, 1.165) is 5.56 Å². The second-order valence-electron chi connectivity index (χ2n) is 5.02. The van der Waals surface area contributed by atoms with Gasteiger partial charge in [-0.25, -0.2) is 0 Å². The molecule has 0 amide bonds. The first-order valence-corrected chi connectivity index (χ1v) is 7.00. The Labute approximate surface area is 122 Å². The number of phenolic OH excluding ortho intramolecular Hbond substituents is 1. The van der Waals surface area contributed by atoms with Crippen LogP contribution in [0.3, 0.4) is 0 Å². The van der Waals surface area contributed by atoms with E-state index in [1.165, 1.54) is 0 Å². The third kappa shape index (κ3) is 2.55. The molecule has 2 aromatic carbocycles. The van der Waals surface area contributed by atoms with Gasteiger partial charge in [0.25, 0.3) is 0 Å². The van der Waals surface area contributed by atoms with Crippen molar-refractivity contribution < 1.29 is 14.3 Å². The highest BCUT2D eigenvalue weighted by Gasteiger charge is 2.20. The third-order valence-corrected chi connectivity index (χ3v) is 3.55. The third-order valence-electron chi connectivity index (χ3n) is 3.55. The predicted molar refractivity (Wildman–Crippen MR) is 81.7 cm³/mol. The van der Waals surface area contributed by atoms with Gasteiger partial charge in [0.2, 0.25) is 0 Å². The van der Waals surface area contributed by atoms with Crippen LogP contribution in [-0.4, -0.2) is 10.9 Å². The van der Waals surface area contributed by atoms with E-state index in [-0.39, 0.29) is 11.5 Å². The van der Waals surface area contributed by atoms with Crippen molar-refractivity contribution in [3.63, 3.8) is 0 Å². The van der Waals surface area contributed by atoms with Crippen molar-refractivity contribution in [2.75, 3.05) is 0 Å². The lowest BCUT2D eigenvalue weighted by Crippen LogP contribution is -2.00. The van der Waals surface area contributed by atoms with Crippen LogP contribution >= 0.6 is 0 Å². The molecule has 3 rings (SSSR count). The van der Waals surface area contributed by atoms with Gasteiger partial charge in [-0.3, -0.25) is 4.79 Å². The summed E-state index contributed by atoms with van der Waals surface area (Å²) >= 11 is 0. The van der Waals surface area contributed by atoms with Gasteiger partial charge in [0.05, 0.1) is 5.56 Å². The highest BCUT2D eigenvalue weighted by atomic mass is 16.3. The van der Waals surface area contributed by atoms with Gasteiger partial charge in [-0.15, -0.1) is 0 Å². The molecule has 0 saturated heterocycles. The van der Waals surface area contributed by atoms with E-state index in [1.54, 1.807) is 18.2 Å². The van der Waals surface area contributed by atoms with E-state index in [0.29, 0.717) is 35.1 Å². The highest BCUT2D eigenvalue weighted by Crippen LogP contribution is 2.31. The highest BCUT2D eigenvalue weighted by molar-refractivity contribution is 6.08. The van der Waals surface area contributed by atoms with E-state index >= 15 is 0 Å². The van der Waals surface area contributed by atoms with E-state index in [4.69, 9.17) is 4.42 Å². The Morgan fingerprint density at radius 3 is 2.62 bits per heavy atom. The van der Waals surface area contributed by atoms with Gasteiger partial charge in [0, 0.05) is 18.2 Å². The second kappa shape index (κ2) is 5.44. The van der Waals surface area contributed by atoms with Gasteiger partial charge in [0.15, 0.2) is 5.78 Å². The van der Waals surface area contributed by atoms with Crippen LogP contribution in [0.25, 0.3) is 11.0 Å². The van der Waals surface area contributed by atoms with Crippen LogP contribution in [-0.2, 0) is 6.42 Å². The molecule has 0 unspecified atom stereocenters. The molecule has 0 aliphatic carbocycles. The van der Waals surface area contributed by atoms with Crippen molar-refractivity contribution in [3.05, 3.63) is 65.4 Å². The van der Waals surface area contributed by atoms with Crippen LogP contribution in [0.4, 0.5) is 0 Å². The van der Waals surface area contributed by atoms with Crippen LogP contribution in [0.5, 0.6) is 5.75 Å². The Balaban J connectivity index is 2.15. The molecule has 0 aliphatic rings. The maximum Gasteiger partial charge on any atom is 0.166 e. The molecule has 3 heteroatoms. The second-order valence-corrected chi connectivity index (χ2v) is 5.02. The van der Waals surface area contributed by atoms with Crippen molar-refractivity contribution in [2.45, 2.75) is 19.8 Å². The Morgan fingerprint density at radius 2 is 1.90 bits per heavy atom. The number of Topliss-reactive ketones (excluding diaryl/α,β-unsaturated/α-hetero) is 1. The molecular formula is C18H16O3. The van der Waals surface area contributed by atoms with Gasteiger partial charge < -0.3 is 9.52 Å². The predicted octanol–water partition coefficient (Wildman–Crippen LogP) is 4.32. The van der Waals surface area contributed by atoms with E-state index in [1.807, 2.05) is 37.3 Å². The summed E-state index contributed by atoms with van der Waals surface area (Å²) < 4.78 is 5.85. The molecule has 1 aromatic heterocycles. The Hall–Kier alpha value is -2.55. The molecule has 0 bridgehead atoms. The van der Waals surface area contributed by atoms with Gasteiger partial charge in [-0.2, -0.15) is 0 Å². The molecule has 0 aliphatic heterocycles. The number of phenols is 1. The fourth-order valence-electron chi connectivity index (χ4n) is 2.52. The first-order valence-electron chi connectivity index (χ1n) is 7.00. The molecule has 106 valence electrons. The number of hydrogen-bond acceptors (Lipinski definition) is 3. The van der Waals surface area contributed by atoms with Crippen LogP contribution in [0.1, 0.15) is 35.0 Å². The maximum absolute atomic E-state index is 12.3.